The first-order valence-electron chi connectivity index (χ1n) is 18.8. The van der Waals surface area contributed by atoms with Crippen molar-refractivity contribution in [3.05, 3.63) is 58.9 Å². The minimum atomic E-state index is -3.17. The van der Waals surface area contributed by atoms with Gasteiger partial charge in [-0.3, -0.25) is 9.69 Å². The molecule has 3 heterocycles. The van der Waals surface area contributed by atoms with Gasteiger partial charge in [0, 0.05) is 50.1 Å². The molecule has 0 spiro atoms. The normalized spacial score (nSPS) is 26.2. The van der Waals surface area contributed by atoms with E-state index in [1.54, 1.807) is 18.4 Å². The number of benzene rings is 1. The van der Waals surface area contributed by atoms with Crippen LogP contribution in [0.3, 0.4) is 0 Å². The molecular weight excluding hydrogens is 697 g/mol. The number of methoxy groups -OCH3 is 1. The van der Waals surface area contributed by atoms with Crippen molar-refractivity contribution in [2.24, 2.45) is 11.3 Å². The topological polar surface area (TPSA) is 119 Å². The number of rotatable bonds is 10. The van der Waals surface area contributed by atoms with Crippen molar-refractivity contribution in [3.63, 3.8) is 0 Å². The Morgan fingerprint density at radius 3 is 2.29 bits per heavy atom. The van der Waals surface area contributed by atoms with Crippen molar-refractivity contribution in [3.8, 4) is 16.2 Å². The summed E-state index contributed by atoms with van der Waals surface area (Å²) in [6.45, 7) is 7.41. The maximum Gasteiger partial charge on any atom is 0.410 e. The lowest BCUT2D eigenvalue weighted by Gasteiger charge is -2.55. The van der Waals surface area contributed by atoms with Gasteiger partial charge in [-0.15, -0.1) is 11.3 Å². The van der Waals surface area contributed by atoms with Gasteiger partial charge < -0.3 is 14.4 Å². The monoisotopic (exact) mass is 748 g/mol. The number of fused-ring (bicyclic) bond motifs is 3. The first-order valence-corrected chi connectivity index (χ1v) is 21.6. The Hall–Kier alpha value is -3.51. The molecule has 1 aliphatic heterocycles. The van der Waals surface area contributed by atoms with Gasteiger partial charge in [-0.25, -0.2) is 23.2 Å². The number of ether oxygens (including phenoxy) is 2. The van der Waals surface area contributed by atoms with Crippen LogP contribution in [0.1, 0.15) is 100 Å². The van der Waals surface area contributed by atoms with E-state index in [9.17, 15) is 18.0 Å². The Kier molecular flexibility index (Phi) is 10.2. The van der Waals surface area contributed by atoms with Crippen LogP contribution in [0.2, 0.25) is 0 Å². The van der Waals surface area contributed by atoms with Crippen LogP contribution in [0.4, 0.5) is 10.6 Å². The number of likely N-dealkylation sites (tertiary alicyclic amines) is 1. The van der Waals surface area contributed by atoms with Gasteiger partial charge in [0.1, 0.15) is 17.7 Å². The van der Waals surface area contributed by atoms with Crippen molar-refractivity contribution < 1.29 is 27.5 Å². The van der Waals surface area contributed by atoms with E-state index in [2.05, 4.69) is 50.0 Å². The number of hydrogen-bond donors (Lipinski definition) is 0. The Morgan fingerprint density at radius 1 is 1.00 bits per heavy atom. The molecule has 2 aromatic heterocycles. The minimum absolute atomic E-state index is 0.0275. The molecule has 12 heteroatoms. The van der Waals surface area contributed by atoms with Gasteiger partial charge in [0.05, 0.1) is 22.2 Å². The number of amides is 2. The molecule has 280 valence electrons. The molecule has 10 nitrogen and oxygen atoms in total. The number of pyridine rings is 1. The molecule has 0 unspecified atom stereocenters. The van der Waals surface area contributed by atoms with Gasteiger partial charge in [0.15, 0.2) is 9.84 Å². The molecule has 52 heavy (non-hydrogen) atoms. The molecule has 5 aliphatic rings. The fraction of sp³-hybridized carbons (Fsp3) is 0.600. The minimum Gasteiger partial charge on any atom is -0.496 e. The fourth-order valence-corrected chi connectivity index (χ4v) is 10.7. The number of hydrogen-bond acceptors (Lipinski definition) is 9. The number of aromatic nitrogens is 2. The number of carbonyl (C=O) groups excluding carboxylic acids is 2. The zero-order valence-electron chi connectivity index (χ0n) is 31.1. The third-order valence-corrected chi connectivity index (χ3v) is 15.4. The van der Waals surface area contributed by atoms with Gasteiger partial charge in [-0.1, -0.05) is 26.0 Å². The Morgan fingerprint density at radius 2 is 1.69 bits per heavy atom. The highest BCUT2D eigenvalue weighted by molar-refractivity contribution is 7.91. The molecule has 0 atom stereocenters. The van der Waals surface area contributed by atoms with Gasteiger partial charge >= 0.3 is 6.09 Å². The lowest BCUT2D eigenvalue weighted by Crippen LogP contribution is -2.57. The maximum absolute atomic E-state index is 14.7. The largest absolute Gasteiger partial charge is 0.496 e. The molecule has 1 aromatic carbocycles. The van der Waals surface area contributed by atoms with Crippen LogP contribution in [-0.4, -0.2) is 79.6 Å². The lowest BCUT2D eigenvalue weighted by molar-refractivity contribution is -0.124. The third-order valence-electron chi connectivity index (χ3n) is 12.5. The van der Waals surface area contributed by atoms with Crippen LogP contribution in [0.15, 0.2) is 42.7 Å². The summed E-state index contributed by atoms with van der Waals surface area (Å²) < 4.78 is 34.9. The Bertz CT molecular complexity index is 1890. The van der Waals surface area contributed by atoms with Crippen LogP contribution in [0, 0.1) is 18.3 Å². The lowest BCUT2D eigenvalue weighted by atomic mass is 9.51. The fourth-order valence-electron chi connectivity index (χ4n) is 8.88. The Balaban J connectivity index is 1.07. The smallest absolute Gasteiger partial charge is 0.410 e. The van der Waals surface area contributed by atoms with Crippen molar-refractivity contribution in [2.45, 2.75) is 108 Å². The number of carbonyl (C=O) groups is 2. The molecule has 2 bridgehead atoms. The highest BCUT2D eigenvalue weighted by Gasteiger charge is 2.51. The predicted octanol–water partition coefficient (Wildman–Crippen LogP) is 7.69. The molecule has 0 radical (unpaired) electrons. The summed E-state index contributed by atoms with van der Waals surface area (Å²) in [5, 5.41) is 0.567. The van der Waals surface area contributed by atoms with E-state index in [-0.39, 0.29) is 41.8 Å². The zero-order valence-corrected chi connectivity index (χ0v) is 32.7. The molecule has 1 saturated heterocycles. The standard InChI is InChI=1S/C40H52N4O6S2/c1-26(2)36-42-22-34(51-36)29-12-19-41-35(21-29)44(25-39-13-16-40(17-14-39,18-15-39)30-8-11-33(49-4)27(3)20-30)37(45)28-6-9-31(10-7-28)50-38(46)43-23-32(24-43)52(5,47)48/h8,11-12,19-22,26,28,31-32H,6-7,9-10,13-18,23-25H2,1-5H3. The molecule has 0 N–H and O–H groups in total. The van der Waals surface area contributed by atoms with E-state index < -0.39 is 21.2 Å². The zero-order chi connectivity index (χ0) is 36.8. The van der Waals surface area contributed by atoms with Crippen LogP contribution < -0.4 is 9.64 Å². The summed E-state index contributed by atoms with van der Waals surface area (Å²) in [6, 6.07) is 10.7. The molecule has 5 fully saturated rings. The summed E-state index contributed by atoms with van der Waals surface area (Å²) in [6.07, 6.45) is 13.1. The number of nitrogens with zero attached hydrogens (tertiary/aromatic N) is 4. The second kappa shape index (κ2) is 14.4. The summed E-state index contributed by atoms with van der Waals surface area (Å²) in [5.41, 5.74) is 3.80. The molecule has 4 aliphatic carbocycles. The first kappa shape index (κ1) is 36.8. The predicted molar refractivity (Wildman–Crippen MR) is 204 cm³/mol. The van der Waals surface area contributed by atoms with Gasteiger partial charge in [-0.05, 0) is 117 Å². The second-order valence-electron chi connectivity index (χ2n) is 16.2. The SMILES string of the molecule is COc1ccc(C23CCC(CN(C(=O)C4CCC(OC(=O)N5CC(S(C)(=O)=O)C5)CC4)c4cc(-c5cnc(C(C)C)s5)ccn4)(CC2)CC3)cc1C. The van der Waals surface area contributed by atoms with E-state index in [0.717, 1.165) is 59.7 Å². The summed E-state index contributed by atoms with van der Waals surface area (Å²) >= 11 is 1.69. The van der Waals surface area contributed by atoms with Crippen molar-refractivity contribution >= 4 is 39.0 Å². The van der Waals surface area contributed by atoms with Crippen molar-refractivity contribution in [1.29, 1.82) is 0 Å². The van der Waals surface area contributed by atoms with Crippen LogP contribution >= 0.6 is 11.3 Å². The molecule has 3 aromatic rings. The average molecular weight is 749 g/mol. The van der Waals surface area contributed by atoms with Crippen LogP contribution in [-0.2, 0) is 24.8 Å². The molecule has 4 saturated carbocycles. The summed E-state index contributed by atoms with van der Waals surface area (Å²) in [5.74, 6) is 1.86. The molecule has 8 rings (SSSR count). The maximum atomic E-state index is 14.7. The van der Waals surface area contributed by atoms with Crippen LogP contribution in [0.25, 0.3) is 10.4 Å². The van der Waals surface area contributed by atoms with Gasteiger partial charge in [0.25, 0.3) is 0 Å². The average Bonchev–Trinajstić information content (AvgIpc) is 3.62. The summed E-state index contributed by atoms with van der Waals surface area (Å²) in [7, 11) is -1.45. The van der Waals surface area contributed by atoms with E-state index in [1.807, 2.05) is 23.4 Å². The highest BCUT2D eigenvalue weighted by atomic mass is 32.2. The van der Waals surface area contributed by atoms with Crippen molar-refractivity contribution in [2.75, 3.05) is 37.9 Å². The number of anilines is 1. The van der Waals surface area contributed by atoms with Gasteiger partial charge in [0.2, 0.25) is 5.91 Å². The van der Waals surface area contributed by atoms with E-state index in [1.165, 1.54) is 22.3 Å². The van der Waals surface area contributed by atoms with Gasteiger partial charge in [-0.2, -0.15) is 0 Å². The van der Waals surface area contributed by atoms with E-state index >= 15 is 0 Å². The highest BCUT2D eigenvalue weighted by Crippen LogP contribution is 2.58. The van der Waals surface area contributed by atoms with Crippen molar-refractivity contribution in [1.82, 2.24) is 14.9 Å². The number of aryl methyl sites for hydroxylation is 1. The number of thiazole rings is 1. The molecule has 2 amide bonds. The Labute approximate surface area is 312 Å². The van der Waals surface area contributed by atoms with E-state index in [4.69, 9.17) is 14.5 Å². The first-order chi connectivity index (χ1) is 24.8. The molecular formula is C40H52N4O6S2. The quantitative estimate of drug-likeness (QED) is 0.207. The summed E-state index contributed by atoms with van der Waals surface area (Å²) in [4.78, 5) is 41.4. The second-order valence-corrected chi connectivity index (χ2v) is 19.6. The van der Waals surface area contributed by atoms with Crippen LogP contribution in [0.5, 0.6) is 5.75 Å². The van der Waals surface area contributed by atoms with E-state index in [0.29, 0.717) is 44.0 Å². The third kappa shape index (κ3) is 7.34. The number of sulfone groups is 1.